The molecule has 2 heterocycles. The molecule has 0 bridgehead atoms. The van der Waals surface area contributed by atoms with E-state index in [4.69, 9.17) is 34.8 Å². The molecule has 8 heteroatoms. The molecular weight excluding hydrogens is 455 g/mol. The van der Waals surface area contributed by atoms with E-state index in [1.54, 1.807) is 6.07 Å². The zero-order valence-electron chi connectivity index (χ0n) is 17.1. The summed E-state index contributed by atoms with van der Waals surface area (Å²) in [6.45, 7) is 5.33. The van der Waals surface area contributed by atoms with Gasteiger partial charge in [-0.2, -0.15) is 0 Å². The lowest BCUT2D eigenvalue weighted by Gasteiger charge is -2.43. The number of amides is 1. The van der Waals surface area contributed by atoms with E-state index in [1.165, 1.54) is 6.33 Å². The molecule has 1 amide bonds. The summed E-state index contributed by atoms with van der Waals surface area (Å²) in [5.74, 6) is -0.0589. The average Bonchev–Trinajstić information content (AvgIpc) is 2.74. The van der Waals surface area contributed by atoms with Gasteiger partial charge in [-0.15, -0.1) is 0 Å². The second-order valence-corrected chi connectivity index (χ2v) is 8.81. The Bertz CT molecular complexity index is 1100. The van der Waals surface area contributed by atoms with Crippen molar-refractivity contribution in [1.29, 1.82) is 0 Å². The molecule has 1 atom stereocenters. The number of hydrogen-bond acceptors (Lipinski definition) is 4. The maximum Gasteiger partial charge on any atom is 0.257 e. The van der Waals surface area contributed by atoms with Gasteiger partial charge < -0.3 is 9.80 Å². The van der Waals surface area contributed by atoms with Crippen LogP contribution in [0.3, 0.4) is 0 Å². The highest BCUT2D eigenvalue weighted by Crippen LogP contribution is 2.37. The zero-order valence-corrected chi connectivity index (χ0v) is 19.4. The van der Waals surface area contributed by atoms with Crippen LogP contribution >= 0.6 is 34.8 Å². The number of nitrogens with zero attached hydrogens (tertiary/aromatic N) is 4. The molecule has 160 valence electrons. The van der Waals surface area contributed by atoms with Crippen molar-refractivity contribution in [3.63, 3.8) is 0 Å². The highest BCUT2D eigenvalue weighted by atomic mass is 35.5. The molecule has 0 N–H and O–H groups in total. The molecule has 1 aromatic heterocycles. The topological polar surface area (TPSA) is 49.3 Å². The number of aryl methyl sites for hydroxylation is 2. The number of halogens is 3. The van der Waals surface area contributed by atoms with Crippen LogP contribution in [0.4, 0.5) is 5.69 Å². The van der Waals surface area contributed by atoms with Gasteiger partial charge in [0.05, 0.1) is 33.7 Å². The number of piperazine rings is 1. The van der Waals surface area contributed by atoms with Crippen molar-refractivity contribution in [3.8, 4) is 0 Å². The largest absolute Gasteiger partial charge is 0.360 e. The first-order valence-electron chi connectivity index (χ1n) is 9.90. The van der Waals surface area contributed by atoms with Gasteiger partial charge in [-0.25, -0.2) is 9.97 Å². The fraction of sp³-hybridized carbons (Fsp3) is 0.261. The molecule has 1 saturated heterocycles. The van der Waals surface area contributed by atoms with E-state index in [1.807, 2.05) is 55.1 Å². The number of aromatic nitrogens is 2. The lowest BCUT2D eigenvalue weighted by molar-refractivity contribution is 0.0719. The molecule has 1 aliphatic rings. The van der Waals surface area contributed by atoms with E-state index < -0.39 is 0 Å². The highest BCUT2D eigenvalue weighted by Gasteiger charge is 2.33. The van der Waals surface area contributed by atoms with E-state index in [-0.39, 0.29) is 11.9 Å². The molecule has 0 radical (unpaired) electrons. The third kappa shape index (κ3) is 4.49. The fourth-order valence-corrected chi connectivity index (χ4v) is 4.64. The van der Waals surface area contributed by atoms with E-state index in [2.05, 4.69) is 14.9 Å². The van der Waals surface area contributed by atoms with Crippen molar-refractivity contribution < 1.29 is 4.79 Å². The first-order valence-corrected chi connectivity index (χ1v) is 11.0. The predicted molar refractivity (Wildman–Crippen MR) is 125 cm³/mol. The number of benzene rings is 2. The highest BCUT2D eigenvalue weighted by molar-refractivity contribution is 6.36. The number of carbonyl (C=O) groups excluding carboxylic acids is 1. The molecule has 4 rings (SSSR count). The minimum absolute atomic E-state index is 0.0589. The molecular formula is C23H21Cl3N4O. The van der Waals surface area contributed by atoms with Crippen LogP contribution in [0.5, 0.6) is 0 Å². The van der Waals surface area contributed by atoms with Crippen LogP contribution in [0.15, 0.2) is 48.8 Å². The Hall–Kier alpha value is -2.34. The molecule has 1 unspecified atom stereocenters. The van der Waals surface area contributed by atoms with Crippen molar-refractivity contribution >= 4 is 46.4 Å². The van der Waals surface area contributed by atoms with Crippen LogP contribution in [0.1, 0.15) is 33.4 Å². The minimum Gasteiger partial charge on any atom is -0.360 e. The molecule has 0 saturated carbocycles. The Morgan fingerprint density at radius 1 is 0.935 bits per heavy atom. The molecule has 31 heavy (non-hydrogen) atoms. The van der Waals surface area contributed by atoms with Crippen LogP contribution in [-0.2, 0) is 0 Å². The molecule has 5 nitrogen and oxygen atoms in total. The smallest absolute Gasteiger partial charge is 0.257 e. The summed E-state index contributed by atoms with van der Waals surface area (Å²) in [4.78, 5) is 25.9. The van der Waals surface area contributed by atoms with Gasteiger partial charge >= 0.3 is 0 Å². The Kier molecular flexibility index (Phi) is 6.37. The van der Waals surface area contributed by atoms with E-state index >= 15 is 0 Å². The maximum absolute atomic E-state index is 13.4. The lowest BCUT2D eigenvalue weighted by atomic mass is 10.00. The van der Waals surface area contributed by atoms with Crippen LogP contribution in [0.25, 0.3) is 0 Å². The van der Waals surface area contributed by atoms with Crippen molar-refractivity contribution in [1.82, 2.24) is 14.9 Å². The summed E-state index contributed by atoms with van der Waals surface area (Å²) in [6, 6.07) is 13.1. The second kappa shape index (κ2) is 9.03. The third-order valence-electron chi connectivity index (χ3n) is 5.58. The molecule has 2 aromatic carbocycles. The quantitative estimate of drug-likeness (QED) is 0.483. The number of carbonyl (C=O) groups is 1. The Labute approximate surface area is 196 Å². The monoisotopic (exact) mass is 474 g/mol. The number of rotatable bonds is 3. The molecule has 0 aliphatic carbocycles. The van der Waals surface area contributed by atoms with Crippen LogP contribution in [0.2, 0.25) is 15.1 Å². The van der Waals surface area contributed by atoms with Gasteiger partial charge in [0.25, 0.3) is 5.91 Å². The summed E-state index contributed by atoms with van der Waals surface area (Å²) in [5, 5.41) is 1.83. The summed E-state index contributed by atoms with van der Waals surface area (Å²) >= 11 is 18.8. The van der Waals surface area contributed by atoms with E-state index in [9.17, 15) is 4.79 Å². The van der Waals surface area contributed by atoms with Gasteiger partial charge in [-0.3, -0.25) is 4.79 Å². The standard InChI is InChI=1S/C23H21Cl3N4O/c1-14-22(15(2)28-13-27-14)23(31)29-9-10-30(20-8-7-18(25)11-19(20)26)21(12-29)16-3-5-17(24)6-4-16/h3-8,11,13,21H,9-10,12H2,1-2H3. The Balaban J connectivity index is 1.70. The number of hydrogen-bond donors (Lipinski definition) is 0. The Morgan fingerprint density at radius 2 is 1.58 bits per heavy atom. The first kappa shape index (κ1) is 21.9. The molecule has 1 aliphatic heterocycles. The molecule has 0 spiro atoms. The van der Waals surface area contributed by atoms with Crippen LogP contribution in [-0.4, -0.2) is 40.4 Å². The second-order valence-electron chi connectivity index (χ2n) is 7.53. The van der Waals surface area contributed by atoms with Gasteiger partial charge in [-0.05, 0) is 49.7 Å². The van der Waals surface area contributed by atoms with Gasteiger partial charge in [-0.1, -0.05) is 46.9 Å². The van der Waals surface area contributed by atoms with E-state index in [0.717, 1.165) is 11.3 Å². The van der Waals surface area contributed by atoms with Gasteiger partial charge in [0.15, 0.2) is 0 Å². The molecule has 3 aromatic rings. The van der Waals surface area contributed by atoms with Gasteiger partial charge in [0.1, 0.15) is 6.33 Å². The van der Waals surface area contributed by atoms with Crippen molar-refractivity contribution in [3.05, 3.63) is 86.4 Å². The van der Waals surface area contributed by atoms with Gasteiger partial charge in [0.2, 0.25) is 0 Å². The van der Waals surface area contributed by atoms with E-state index in [0.29, 0.717) is 51.7 Å². The van der Waals surface area contributed by atoms with Crippen LogP contribution < -0.4 is 4.90 Å². The normalized spacial score (nSPS) is 16.5. The Morgan fingerprint density at radius 3 is 2.23 bits per heavy atom. The predicted octanol–water partition coefficient (Wildman–Crippen LogP) is 5.76. The average molecular weight is 476 g/mol. The summed E-state index contributed by atoms with van der Waals surface area (Å²) in [6.07, 6.45) is 1.48. The van der Waals surface area contributed by atoms with Gasteiger partial charge in [0, 0.05) is 29.7 Å². The number of anilines is 1. The van der Waals surface area contributed by atoms with Crippen molar-refractivity contribution in [2.45, 2.75) is 19.9 Å². The molecule has 1 fully saturated rings. The first-order chi connectivity index (χ1) is 14.8. The summed E-state index contributed by atoms with van der Waals surface area (Å²) in [5.41, 5.74) is 3.86. The van der Waals surface area contributed by atoms with Crippen LogP contribution in [0, 0.1) is 13.8 Å². The van der Waals surface area contributed by atoms with Crippen molar-refractivity contribution in [2.75, 3.05) is 24.5 Å². The SMILES string of the molecule is Cc1ncnc(C)c1C(=O)N1CCN(c2ccc(Cl)cc2Cl)C(c2ccc(Cl)cc2)C1. The zero-order chi connectivity index (χ0) is 22.1. The summed E-state index contributed by atoms with van der Waals surface area (Å²) in [7, 11) is 0. The lowest BCUT2D eigenvalue weighted by Crippen LogP contribution is -2.51. The fourth-order valence-electron chi connectivity index (χ4n) is 4.00. The minimum atomic E-state index is -0.0983. The van der Waals surface area contributed by atoms with Crippen molar-refractivity contribution in [2.24, 2.45) is 0 Å². The third-order valence-corrected chi connectivity index (χ3v) is 6.37. The maximum atomic E-state index is 13.4. The summed E-state index contributed by atoms with van der Waals surface area (Å²) < 4.78 is 0.